The van der Waals surface area contributed by atoms with Crippen molar-refractivity contribution in [2.24, 2.45) is 5.84 Å². The van der Waals surface area contributed by atoms with Crippen molar-refractivity contribution < 1.29 is 18.0 Å². The summed E-state index contributed by atoms with van der Waals surface area (Å²) in [7, 11) is -3.77. The molecule has 0 fully saturated rings. The average molecular weight is 244 g/mol. The second kappa shape index (κ2) is 4.16. The molecule has 1 rings (SSSR count). The number of carbonyl (C=O) groups excluding carboxylic acids is 2. The van der Waals surface area contributed by atoms with Crippen LogP contribution >= 0.6 is 0 Å². The van der Waals surface area contributed by atoms with Gasteiger partial charge in [0, 0.05) is 0 Å². The summed E-state index contributed by atoms with van der Waals surface area (Å²) in [5.74, 6) is 3.15. The highest BCUT2D eigenvalue weighted by atomic mass is 32.2. The van der Waals surface area contributed by atoms with E-state index in [4.69, 9.17) is 5.84 Å². The van der Waals surface area contributed by atoms with Crippen LogP contribution in [0.3, 0.4) is 0 Å². The highest BCUT2D eigenvalue weighted by Crippen LogP contribution is 2.14. The Morgan fingerprint density at radius 1 is 1.56 bits per heavy atom. The van der Waals surface area contributed by atoms with Crippen LogP contribution in [0.1, 0.15) is 0 Å². The second-order valence-electron chi connectivity index (χ2n) is 3.13. The highest BCUT2D eigenvalue weighted by Gasteiger charge is 2.45. The molecule has 0 aromatic carbocycles. The van der Waals surface area contributed by atoms with E-state index in [1.165, 1.54) is 12.2 Å². The number of carbonyl (C=O) groups is 2. The van der Waals surface area contributed by atoms with E-state index in [9.17, 15) is 18.0 Å². The van der Waals surface area contributed by atoms with Crippen LogP contribution in [0.5, 0.6) is 0 Å². The van der Waals surface area contributed by atoms with Crippen LogP contribution in [0.2, 0.25) is 0 Å². The zero-order chi connectivity index (χ0) is 12.4. The van der Waals surface area contributed by atoms with Crippen LogP contribution in [0.15, 0.2) is 18.2 Å². The fourth-order valence-corrected chi connectivity index (χ4v) is 2.00. The molecule has 4 N–H and O–H groups in total. The molecule has 7 nitrogen and oxygen atoms in total. The van der Waals surface area contributed by atoms with E-state index in [1.54, 1.807) is 5.43 Å². The molecule has 1 amide bonds. The molecule has 0 bridgehead atoms. The Bertz CT molecular complexity index is 480. The number of nitrogens with one attached hydrogen (secondary N) is 2. The van der Waals surface area contributed by atoms with Crippen molar-refractivity contribution in [3.63, 3.8) is 0 Å². The minimum atomic E-state index is -3.77. The molecular formula is C8H10N3O4S. The lowest BCUT2D eigenvalue weighted by molar-refractivity contribution is -0.132. The molecule has 0 aromatic rings. The Morgan fingerprint density at radius 3 is 2.62 bits per heavy atom. The van der Waals surface area contributed by atoms with Gasteiger partial charge in [-0.2, -0.15) is 4.72 Å². The molecule has 1 radical (unpaired) electrons. The molecule has 0 aromatic heterocycles. The lowest BCUT2D eigenvalue weighted by Crippen LogP contribution is -2.63. The first kappa shape index (κ1) is 12.6. The quantitative estimate of drug-likeness (QED) is 0.224. The van der Waals surface area contributed by atoms with E-state index in [2.05, 4.69) is 6.08 Å². The zero-order valence-electron chi connectivity index (χ0n) is 8.35. The van der Waals surface area contributed by atoms with Gasteiger partial charge < -0.3 is 0 Å². The van der Waals surface area contributed by atoms with E-state index in [1.807, 2.05) is 4.72 Å². The summed E-state index contributed by atoms with van der Waals surface area (Å²) >= 11 is 0. The van der Waals surface area contributed by atoms with Gasteiger partial charge in [0.25, 0.3) is 5.91 Å². The Hall–Kier alpha value is -1.51. The first-order valence-corrected chi connectivity index (χ1v) is 6.03. The molecule has 16 heavy (non-hydrogen) atoms. The predicted molar refractivity (Wildman–Crippen MR) is 55.0 cm³/mol. The Balaban J connectivity index is 3.23. The Labute approximate surface area is 92.4 Å². The molecule has 8 heteroatoms. The Kier molecular flexibility index (Phi) is 3.27. The fourth-order valence-electron chi connectivity index (χ4n) is 1.19. The van der Waals surface area contributed by atoms with Crippen LogP contribution < -0.4 is 16.0 Å². The summed E-state index contributed by atoms with van der Waals surface area (Å²) in [5.41, 5.74) is -0.389. The largest absolute Gasteiger partial charge is 0.292 e. The molecule has 0 saturated carbocycles. The van der Waals surface area contributed by atoms with Crippen LogP contribution in [-0.2, 0) is 19.6 Å². The molecule has 1 aliphatic rings. The number of hydrazine groups is 1. The van der Waals surface area contributed by atoms with E-state index < -0.39 is 27.3 Å². The minimum Gasteiger partial charge on any atom is -0.292 e. The summed E-state index contributed by atoms with van der Waals surface area (Å²) < 4.78 is 24.1. The van der Waals surface area contributed by atoms with E-state index >= 15 is 0 Å². The van der Waals surface area contributed by atoms with Gasteiger partial charge in [-0.25, -0.2) is 14.3 Å². The third kappa shape index (κ3) is 2.35. The van der Waals surface area contributed by atoms with Gasteiger partial charge in [0.05, 0.1) is 6.26 Å². The summed E-state index contributed by atoms with van der Waals surface area (Å²) in [5, 5.41) is 0. The number of amides is 1. The van der Waals surface area contributed by atoms with Crippen molar-refractivity contribution in [3.05, 3.63) is 24.3 Å². The molecule has 1 aliphatic carbocycles. The van der Waals surface area contributed by atoms with Gasteiger partial charge in [-0.05, 0) is 12.2 Å². The number of hydrogen-bond acceptors (Lipinski definition) is 5. The molecule has 87 valence electrons. The molecule has 0 aliphatic heterocycles. The predicted octanol–water partition coefficient (Wildman–Crippen LogP) is -2.24. The van der Waals surface area contributed by atoms with Gasteiger partial charge in [-0.1, -0.05) is 12.2 Å². The highest BCUT2D eigenvalue weighted by molar-refractivity contribution is 7.88. The van der Waals surface area contributed by atoms with Gasteiger partial charge in [-0.15, -0.1) is 0 Å². The Morgan fingerprint density at radius 2 is 2.19 bits per heavy atom. The smallest absolute Gasteiger partial charge is 0.267 e. The molecule has 0 heterocycles. The van der Waals surface area contributed by atoms with Crippen molar-refractivity contribution in [1.29, 1.82) is 0 Å². The summed E-state index contributed by atoms with van der Waals surface area (Å²) in [6.45, 7) is 0. The topological polar surface area (TPSA) is 118 Å². The number of hydrogen-bond donors (Lipinski definition) is 3. The number of nitrogens with two attached hydrogens (primary N) is 1. The van der Waals surface area contributed by atoms with Gasteiger partial charge in [0.15, 0.2) is 5.78 Å². The van der Waals surface area contributed by atoms with Crippen molar-refractivity contribution in [2.45, 2.75) is 5.54 Å². The lowest BCUT2D eigenvalue weighted by Gasteiger charge is -2.26. The van der Waals surface area contributed by atoms with Gasteiger partial charge in [0.1, 0.15) is 0 Å². The van der Waals surface area contributed by atoms with Crippen molar-refractivity contribution in [3.8, 4) is 0 Å². The molecular weight excluding hydrogens is 234 g/mol. The van der Waals surface area contributed by atoms with Gasteiger partial charge in [0.2, 0.25) is 15.6 Å². The maximum Gasteiger partial charge on any atom is 0.267 e. The molecule has 0 spiro atoms. The van der Waals surface area contributed by atoms with Crippen LogP contribution in [-0.4, -0.2) is 31.9 Å². The van der Waals surface area contributed by atoms with Crippen LogP contribution in [0.4, 0.5) is 0 Å². The normalized spacial score (nSPS) is 24.5. The number of sulfonamides is 1. The lowest BCUT2D eigenvalue weighted by atomic mass is 9.90. The van der Waals surface area contributed by atoms with Crippen molar-refractivity contribution in [2.75, 3.05) is 6.26 Å². The molecule has 1 unspecified atom stereocenters. The standard InChI is InChI=1S/C8H10N3O4S/c1-16(14,15)11-8(7(13)10-9)5-3-2-4-6(8)12/h2-4,11H,9H2,1H3,(H,10,13). The van der Waals surface area contributed by atoms with Crippen LogP contribution in [0, 0.1) is 6.08 Å². The van der Waals surface area contributed by atoms with Crippen molar-refractivity contribution >= 4 is 21.7 Å². The van der Waals surface area contributed by atoms with E-state index in [0.717, 1.165) is 12.3 Å². The summed E-state index contributed by atoms with van der Waals surface area (Å²) in [6.07, 6.45) is 6.83. The van der Waals surface area contributed by atoms with Crippen molar-refractivity contribution in [1.82, 2.24) is 10.1 Å². The first-order chi connectivity index (χ1) is 7.32. The third-order valence-electron chi connectivity index (χ3n) is 1.82. The third-order valence-corrected chi connectivity index (χ3v) is 2.50. The number of ketones is 1. The monoisotopic (exact) mass is 244 g/mol. The number of rotatable bonds is 3. The maximum absolute atomic E-state index is 11.6. The maximum atomic E-state index is 11.6. The van der Waals surface area contributed by atoms with Gasteiger partial charge in [-0.3, -0.25) is 15.0 Å². The summed E-state index contributed by atoms with van der Waals surface area (Å²) in [4.78, 5) is 23.1. The van der Waals surface area contributed by atoms with E-state index in [0.29, 0.717) is 0 Å². The summed E-state index contributed by atoms with van der Waals surface area (Å²) in [6, 6.07) is 0. The SMILES string of the molecule is CS(=O)(=O)NC1(C(=O)NN)[C]=CC=CC1=O. The first-order valence-electron chi connectivity index (χ1n) is 4.14. The van der Waals surface area contributed by atoms with E-state index in [-0.39, 0.29) is 0 Å². The van der Waals surface area contributed by atoms with Gasteiger partial charge >= 0.3 is 0 Å². The zero-order valence-corrected chi connectivity index (χ0v) is 9.17. The minimum absolute atomic E-state index is 0.761. The molecule has 0 saturated heterocycles. The molecule has 1 atom stereocenters. The second-order valence-corrected chi connectivity index (χ2v) is 4.88. The number of allylic oxidation sites excluding steroid dienone is 2. The fraction of sp³-hybridized carbons (Fsp3) is 0.250. The average Bonchev–Trinajstić information content (AvgIpc) is 2.18. The van der Waals surface area contributed by atoms with Crippen LogP contribution in [0.25, 0.3) is 0 Å².